The van der Waals surface area contributed by atoms with Gasteiger partial charge >= 0.3 is 0 Å². The van der Waals surface area contributed by atoms with Crippen molar-refractivity contribution in [3.05, 3.63) is 25.3 Å². The minimum atomic E-state index is -0.481. The van der Waals surface area contributed by atoms with Crippen molar-refractivity contribution in [1.82, 2.24) is 5.32 Å². The summed E-state index contributed by atoms with van der Waals surface area (Å²) in [6, 6.07) is 0. The summed E-state index contributed by atoms with van der Waals surface area (Å²) in [6.07, 6.45) is 2.34. The fraction of sp³-hybridized carbons (Fsp3) is 0.400. The molecule has 0 aliphatic carbocycles. The molecule has 0 atom stereocenters. The molecule has 0 aliphatic rings. The number of amides is 2. The van der Waals surface area contributed by atoms with Gasteiger partial charge in [0.05, 0.1) is 0 Å². The molecule has 0 aromatic carbocycles. The number of nitrogens with one attached hydrogen (secondary N) is 1. The lowest BCUT2D eigenvalue weighted by Gasteiger charge is -2.03. The first kappa shape index (κ1) is 14.9. The van der Waals surface area contributed by atoms with Crippen molar-refractivity contribution in [2.45, 2.75) is 13.8 Å². The minimum Gasteiger partial charge on any atom is -0.366 e. The molecular weight excluding hydrogens is 180 g/mol. The number of rotatable bonds is 4. The number of hydrogen-bond acceptors (Lipinski definition) is 2. The molecule has 0 saturated heterocycles. The van der Waals surface area contributed by atoms with Crippen LogP contribution in [0, 0.1) is 5.92 Å². The Morgan fingerprint density at radius 2 is 1.79 bits per heavy atom. The van der Waals surface area contributed by atoms with Crippen LogP contribution in [-0.2, 0) is 9.59 Å². The number of hydrogen-bond donors (Lipinski definition) is 2. The molecule has 0 aromatic rings. The molecule has 4 heteroatoms. The lowest BCUT2D eigenvalue weighted by Crippen LogP contribution is -2.24. The average Bonchev–Trinajstić information content (AvgIpc) is 2.14. The summed E-state index contributed by atoms with van der Waals surface area (Å²) in [5, 5.41) is 2.67. The van der Waals surface area contributed by atoms with Crippen LogP contribution >= 0.6 is 0 Å². The highest BCUT2D eigenvalue weighted by Crippen LogP contribution is 1.86. The van der Waals surface area contributed by atoms with Crippen LogP contribution in [0.3, 0.4) is 0 Å². The van der Waals surface area contributed by atoms with Gasteiger partial charge < -0.3 is 11.1 Å². The minimum absolute atomic E-state index is 0.0938. The summed E-state index contributed by atoms with van der Waals surface area (Å²) in [7, 11) is 0. The van der Waals surface area contributed by atoms with E-state index < -0.39 is 5.91 Å². The Morgan fingerprint density at radius 3 is 2.00 bits per heavy atom. The lowest BCUT2D eigenvalue weighted by molar-refractivity contribution is -0.116. The highest BCUT2D eigenvalue weighted by Gasteiger charge is 1.94. The lowest BCUT2D eigenvalue weighted by atomic mass is 10.2. The molecule has 0 unspecified atom stereocenters. The summed E-state index contributed by atoms with van der Waals surface area (Å²) in [5.41, 5.74) is 4.53. The van der Waals surface area contributed by atoms with E-state index in [2.05, 4.69) is 24.2 Å². The molecule has 0 aromatic heterocycles. The van der Waals surface area contributed by atoms with Gasteiger partial charge in [-0.05, 0) is 18.1 Å². The second-order valence-electron chi connectivity index (χ2n) is 2.95. The quantitative estimate of drug-likeness (QED) is 0.649. The number of carbonyl (C=O) groups excluding carboxylic acids is 2. The van der Waals surface area contributed by atoms with Gasteiger partial charge in [-0.15, -0.1) is 0 Å². The van der Waals surface area contributed by atoms with Crippen molar-refractivity contribution in [2.75, 3.05) is 6.54 Å². The van der Waals surface area contributed by atoms with Gasteiger partial charge in [-0.2, -0.15) is 0 Å². The van der Waals surface area contributed by atoms with Gasteiger partial charge in [-0.3, -0.25) is 9.59 Å². The Hall–Kier alpha value is -1.58. The normalized spacial score (nSPS) is 8.21. The van der Waals surface area contributed by atoms with Crippen LogP contribution in [0.1, 0.15) is 13.8 Å². The summed E-state index contributed by atoms with van der Waals surface area (Å²) in [5.74, 6) is -0.0670. The van der Waals surface area contributed by atoms with E-state index in [0.717, 1.165) is 12.6 Å². The first-order valence-corrected chi connectivity index (χ1v) is 4.26. The van der Waals surface area contributed by atoms with Crippen molar-refractivity contribution in [2.24, 2.45) is 11.7 Å². The number of primary amides is 1. The first-order chi connectivity index (χ1) is 6.43. The molecule has 0 fully saturated rings. The zero-order valence-corrected chi connectivity index (χ0v) is 8.75. The number of nitrogens with two attached hydrogens (primary N) is 1. The summed E-state index contributed by atoms with van der Waals surface area (Å²) >= 11 is 0. The third-order valence-corrected chi connectivity index (χ3v) is 1.07. The maximum atomic E-state index is 10.5. The largest absolute Gasteiger partial charge is 0.366 e. The molecule has 80 valence electrons. The van der Waals surface area contributed by atoms with E-state index in [1.54, 1.807) is 0 Å². The predicted octanol–water partition coefficient (Wildman–Crippen LogP) is 0.602. The fourth-order valence-electron chi connectivity index (χ4n) is 0.377. The summed E-state index contributed by atoms with van der Waals surface area (Å²) < 4.78 is 0. The van der Waals surface area contributed by atoms with E-state index in [1.807, 2.05) is 13.8 Å². The van der Waals surface area contributed by atoms with Gasteiger partial charge in [0.15, 0.2) is 0 Å². The monoisotopic (exact) mass is 198 g/mol. The van der Waals surface area contributed by atoms with Crippen molar-refractivity contribution in [3.63, 3.8) is 0 Å². The standard InChI is InChI=1S/C7H13NO.C3H5NO/c1-4-7(9)8-5-6(2)3;1-2-3(4)5/h4,6H,1,5H2,2-3H3,(H,8,9);2H,1H2,(H2,4,5). The van der Waals surface area contributed by atoms with Crippen LogP contribution in [0.25, 0.3) is 0 Å². The molecule has 2 amide bonds. The first-order valence-electron chi connectivity index (χ1n) is 4.26. The average molecular weight is 198 g/mol. The number of carbonyl (C=O) groups is 2. The van der Waals surface area contributed by atoms with Crippen LogP contribution < -0.4 is 11.1 Å². The van der Waals surface area contributed by atoms with Gasteiger partial charge in [-0.1, -0.05) is 27.0 Å². The van der Waals surface area contributed by atoms with E-state index in [0.29, 0.717) is 5.92 Å². The topological polar surface area (TPSA) is 72.2 Å². The van der Waals surface area contributed by atoms with Crippen molar-refractivity contribution in [1.29, 1.82) is 0 Å². The molecule has 0 spiro atoms. The van der Waals surface area contributed by atoms with Gasteiger partial charge in [0, 0.05) is 6.54 Å². The Kier molecular flexibility index (Phi) is 10.1. The Bertz CT molecular complexity index is 210. The molecule has 0 saturated carbocycles. The van der Waals surface area contributed by atoms with Crippen LogP contribution in [0.2, 0.25) is 0 Å². The van der Waals surface area contributed by atoms with Crippen LogP contribution in [0.5, 0.6) is 0 Å². The third kappa shape index (κ3) is 16.8. The van der Waals surface area contributed by atoms with Gasteiger partial charge in [0.25, 0.3) is 0 Å². The highest BCUT2D eigenvalue weighted by atomic mass is 16.1. The third-order valence-electron chi connectivity index (χ3n) is 1.07. The summed E-state index contributed by atoms with van der Waals surface area (Å²) in [4.78, 5) is 20.0. The Labute approximate surface area is 84.9 Å². The van der Waals surface area contributed by atoms with Crippen LogP contribution in [0.15, 0.2) is 25.3 Å². The maximum Gasteiger partial charge on any atom is 0.243 e. The van der Waals surface area contributed by atoms with E-state index in [1.165, 1.54) is 6.08 Å². The predicted molar refractivity (Wildman–Crippen MR) is 57.4 cm³/mol. The van der Waals surface area contributed by atoms with Crippen LogP contribution in [-0.4, -0.2) is 18.4 Å². The fourth-order valence-corrected chi connectivity index (χ4v) is 0.377. The van der Waals surface area contributed by atoms with E-state index in [9.17, 15) is 9.59 Å². The second-order valence-corrected chi connectivity index (χ2v) is 2.95. The second kappa shape index (κ2) is 9.51. The van der Waals surface area contributed by atoms with E-state index >= 15 is 0 Å². The Morgan fingerprint density at radius 1 is 1.36 bits per heavy atom. The zero-order valence-electron chi connectivity index (χ0n) is 8.75. The SMILES string of the molecule is C=CC(=O)NCC(C)C.C=CC(N)=O. The van der Waals surface area contributed by atoms with E-state index in [4.69, 9.17) is 0 Å². The van der Waals surface area contributed by atoms with E-state index in [-0.39, 0.29) is 5.91 Å². The molecule has 0 bridgehead atoms. The van der Waals surface area contributed by atoms with Crippen molar-refractivity contribution < 1.29 is 9.59 Å². The maximum absolute atomic E-state index is 10.5. The smallest absolute Gasteiger partial charge is 0.243 e. The molecular formula is C10H18N2O2. The zero-order chi connectivity index (χ0) is 11.6. The molecule has 0 radical (unpaired) electrons. The van der Waals surface area contributed by atoms with Gasteiger partial charge in [0.2, 0.25) is 11.8 Å². The van der Waals surface area contributed by atoms with Crippen LogP contribution in [0.4, 0.5) is 0 Å². The highest BCUT2D eigenvalue weighted by molar-refractivity contribution is 5.86. The van der Waals surface area contributed by atoms with Gasteiger partial charge in [0.1, 0.15) is 0 Å². The molecule has 3 N–H and O–H groups in total. The summed E-state index contributed by atoms with van der Waals surface area (Å²) in [6.45, 7) is 11.2. The van der Waals surface area contributed by atoms with Crippen molar-refractivity contribution in [3.8, 4) is 0 Å². The molecule has 4 nitrogen and oxygen atoms in total. The van der Waals surface area contributed by atoms with Gasteiger partial charge in [-0.25, -0.2) is 0 Å². The molecule has 0 aliphatic heterocycles. The molecule has 0 rings (SSSR count). The molecule has 14 heavy (non-hydrogen) atoms. The Balaban J connectivity index is 0. The van der Waals surface area contributed by atoms with Crippen molar-refractivity contribution >= 4 is 11.8 Å². The molecule has 0 heterocycles.